The highest BCUT2D eigenvalue weighted by molar-refractivity contribution is 5.73. The number of carboxylic acids is 1. The molecule has 0 amide bonds. The van der Waals surface area contributed by atoms with Crippen molar-refractivity contribution in [2.75, 3.05) is 18.5 Å². The number of aromatic nitrogens is 5. The molecule has 4 aromatic rings. The second-order valence-corrected chi connectivity index (χ2v) is 6.66. The van der Waals surface area contributed by atoms with E-state index in [1.54, 1.807) is 30.3 Å². The van der Waals surface area contributed by atoms with Crippen LogP contribution >= 0.6 is 0 Å². The molecule has 11 heteroatoms. The average molecular weight is 426 g/mol. The van der Waals surface area contributed by atoms with Crippen LogP contribution in [0.2, 0.25) is 0 Å². The average Bonchev–Trinajstić information content (AvgIpc) is 3.39. The second kappa shape index (κ2) is 8.30. The van der Waals surface area contributed by atoms with E-state index >= 15 is 0 Å². The van der Waals surface area contributed by atoms with E-state index < -0.39 is 18.3 Å². The molecule has 0 spiro atoms. The van der Waals surface area contributed by atoms with Crippen LogP contribution in [0.25, 0.3) is 22.9 Å². The minimum atomic E-state index is -1.13. The highest BCUT2D eigenvalue weighted by Crippen LogP contribution is 2.26. The van der Waals surface area contributed by atoms with Crippen molar-refractivity contribution in [3.8, 4) is 22.9 Å². The number of rotatable bonds is 7. The van der Waals surface area contributed by atoms with Crippen LogP contribution in [0.4, 0.5) is 14.6 Å². The van der Waals surface area contributed by atoms with Crippen LogP contribution in [0, 0.1) is 11.6 Å². The highest BCUT2D eigenvalue weighted by Gasteiger charge is 2.20. The van der Waals surface area contributed by atoms with E-state index in [1.165, 1.54) is 24.1 Å². The molecule has 0 fully saturated rings. The van der Waals surface area contributed by atoms with E-state index in [9.17, 15) is 13.6 Å². The summed E-state index contributed by atoms with van der Waals surface area (Å²) in [6, 6.07) is 9.53. The van der Waals surface area contributed by atoms with Crippen LogP contribution in [0.5, 0.6) is 0 Å². The number of hydrogen-bond acceptors (Lipinski definition) is 7. The molecule has 0 aliphatic carbocycles. The van der Waals surface area contributed by atoms with Gasteiger partial charge in [-0.25, -0.2) is 18.7 Å². The van der Waals surface area contributed by atoms with Crippen molar-refractivity contribution < 1.29 is 23.2 Å². The zero-order valence-corrected chi connectivity index (χ0v) is 16.2. The highest BCUT2D eigenvalue weighted by atomic mass is 19.1. The molecule has 0 unspecified atom stereocenters. The van der Waals surface area contributed by atoms with E-state index in [4.69, 9.17) is 9.63 Å². The fraction of sp³-hybridized carbons (Fsp3) is 0.150. The molecule has 158 valence electrons. The maximum absolute atomic E-state index is 14.2. The van der Waals surface area contributed by atoms with Crippen LogP contribution in [0.15, 0.2) is 53.4 Å². The molecule has 0 aliphatic heterocycles. The molecule has 1 N–H and O–H groups in total. The molecule has 9 nitrogen and oxygen atoms in total. The van der Waals surface area contributed by atoms with Gasteiger partial charge in [-0.2, -0.15) is 5.10 Å². The summed E-state index contributed by atoms with van der Waals surface area (Å²) in [6.07, 6.45) is 2.34. The lowest BCUT2D eigenvalue weighted by Gasteiger charge is -2.16. The SMILES string of the molecule is CN(CC(=O)O)c1nc(-c2cc(-c3ccon3)n(Cc3ccccc3F)n2)ncc1F. The molecule has 3 heterocycles. The van der Waals surface area contributed by atoms with Gasteiger partial charge in [-0.15, -0.1) is 0 Å². The lowest BCUT2D eigenvalue weighted by molar-refractivity contribution is -0.135. The van der Waals surface area contributed by atoms with Gasteiger partial charge in [0.15, 0.2) is 17.5 Å². The number of carboxylic acid groups (broad SMARTS) is 1. The minimum Gasteiger partial charge on any atom is -0.480 e. The third-order valence-electron chi connectivity index (χ3n) is 4.45. The van der Waals surface area contributed by atoms with Crippen molar-refractivity contribution in [3.05, 3.63) is 66.1 Å². The number of anilines is 1. The van der Waals surface area contributed by atoms with Gasteiger partial charge in [-0.3, -0.25) is 9.48 Å². The molecular weight excluding hydrogens is 410 g/mol. The first-order valence-electron chi connectivity index (χ1n) is 9.10. The van der Waals surface area contributed by atoms with Gasteiger partial charge in [-0.05, 0) is 12.1 Å². The predicted octanol–water partition coefficient (Wildman–Crippen LogP) is 2.84. The summed E-state index contributed by atoms with van der Waals surface area (Å²) in [5, 5.41) is 17.3. The Balaban J connectivity index is 1.76. The van der Waals surface area contributed by atoms with Crippen molar-refractivity contribution in [1.29, 1.82) is 0 Å². The number of nitrogens with zero attached hydrogens (tertiary/aromatic N) is 6. The molecule has 4 rings (SSSR count). The normalized spacial score (nSPS) is 10.9. The Morgan fingerprint density at radius 1 is 1.19 bits per heavy atom. The molecule has 0 atom stereocenters. The van der Waals surface area contributed by atoms with Crippen molar-refractivity contribution in [1.82, 2.24) is 24.9 Å². The van der Waals surface area contributed by atoms with Gasteiger partial charge in [0.05, 0.1) is 18.4 Å². The Kier molecular flexibility index (Phi) is 5.39. The summed E-state index contributed by atoms with van der Waals surface area (Å²) >= 11 is 0. The van der Waals surface area contributed by atoms with Crippen molar-refractivity contribution in [2.24, 2.45) is 0 Å². The quantitative estimate of drug-likeness (QED) is 0.480. The second-order valence-electron chi connectivity index (χ2n) is 6.66. The van der Waals surface area contributed by atoms with Gasteiger partial charge in [0, 0.05) is 18.7 Å². The van der Waals surface area contributed by atoms with Crippen LogP contribution < -0.4 is 4.90 Å². The summed E-state index contributed by atoms with van der Waals surface area (Å²) in [5.41, 5.74) is 1.66. The maximum atomic E-state index is 14.2. The van der Waals surface area contributed by atoms with Crippen molar-refractivity contribution >= 4 is 11.8 Å². The molecule has 0 radical (unpaired) electrons. The zero-order chi connectivity index (χ0) is 22.0. The van der Waals surface area contributed by atoms with Crippen LogP contribution in [-0.4, -0.2) is 49.6 Å². The van der Waals surface area contributed by atoms with E-state index in [0.717, 1.165) is 11.1 Å². The van der Waals surface area contributed by atoms with Gasteiger partial charge >= 0.3 is 5.97 Å². The topological polar surface area (TPSA) is 110 Å². The van der Waals surface area contributed by atoms with Crippen LogP contribution in [-0.2, 0) is 11.3 Å². The fourth-order valence-corrected chi connectivity index (χ4v) is 3.01. The number of carbonyl (C=O) groups is 1. The standard InChI is InChI=1S/C20H16F2N6O3/c1-27(11-18(29)30)20-14(22)9-23-19(24-20)16-8-17(15-6-7-31-26-15)28(25-16)10-12-4-2-3-5-13(12)21/h2-9H,10-11H2,1H3,(H,29,30). The number of benzene rings is 1. The lowest BCUT2D eigenvalue weighted by Crippen LogP contribution is -2.27. The largest absolute Gasteiger partial charge is 0.480 e. The maximum Gasteiger partial charge on any atom is 0.323 e. The first-order chi connectivity index (χ1) is 14.9. The Bertz CT molecular complexity index is 1230. The van der Waals surface area contributed by atoms with Gasteiger partial charge in [0.2, 0.25) is 0 Å². The Labute approximate surface area is 174 Å². The monoisotopic (exact) mass is 426 g/mol. The third-order valence-corrected chi connectivity index (χ3v) is 4.45. The van der Waals surface area contributed by atoms with Gasteiger partial charge in [-0.1, -0.05) is 23.4 Å². The summed E-state index contributed by atoms with van der Waals surface area (Å²) in [6.45, 7) is -0.346. The molecule has 0 saturated carbocycles. The van der Waals surface area contributed by atoms with Gasteiger partial charge < -0.3 is 14.5 Å². The fourth-order valence-electron chi connectivity index (χ4n) is 3.01. The van der Waals surface area contributed by atoms with E-state index in [0.29, 0.717) is 17.0 Å². The lowest BCUT2D eigenvalue weighted by atomic mass is 10.2. The number of halogens is 2. The van der Waals surface area contributed by atoms with E-state index in [2.05, 4.69) is 20.2 Å². The number of likely N-dealkylation sites (N-methyl/N-ethyl adjacent to an activating group) is 1. The van der Waals surface area contributed by atoms with Crippen LogP contribution in [0.1, 0.15) is 5.56 Å². The zero-order valence-electron chi connectivity index (χ0n) is 16.2. The van der Waals surface area contributed by atoms with Gasteiger partial charge in [0.25, 0.3) is 0 Å². The smallest absolute Gasteiger partial charge is 0.323 e. The van der Waals surface area contributed by atoms with Crippen LogP contribution in [0.3, 0.4) is 0 Å². The van der Waals surface area contributed by atoms with Crippen molar-refractivity contribution in [2.45, 2.75) is 6.54 Å². The molecule has 3 aromatic heterocycles. The molecular formula is C20H16F2N6O3. The molecule has 31 heavy (non-hydrogen) atoms. The summed E-state index contributed by atoms with van der Waals surface area (Å²) in [7, 11) is 1.40. The molecule has 0 saturated heterocycles. The van der Waals surface area contributed by atoms with E-state index in [1.807, 2.05) is 0 Å². The summed E-state index contributed by atoms with van der Waals surface area (Å²) < 4.78 is 34.8. The Morgan fingerprint density at radius 3 is 2.71 bits per heavy atom. The van der Waals surface area contributed by atoms with E-state index in [-0.39, 0.29) is 29.7 Å². The number of aliphatic carboxylic acids is 1. The Morgan fingerprint density at radius 2 is 2.00 bits per heavy atom. The predicted molar refractivity (Wildman–Crippen MR) is 105 cm³/mol. The molecule has 0 bridgehead atoms. The Hall–Kier alpha value is -4.15. The minimum absolute atomic E-state index is 0.0747. The van der Waals surface area contributed by atoms with Gasteiger partial charge in [0.1, 0.15) is 30.0 Å². The first-order valence-corrected chi connectivity index (χ1v) is 9.10. The number of hydrogen-bond donors (Lipinski definition) is 1. The summed E-state index contributed by atoms with van der Waals surface area (Å²) in [5.74, 6) is -2.40. The third kappa shape index (κ3) is 4.25. The van der Waals surface area contributed by atoms with Crippen molar-refractivity contribution in [3.63, 3.8) is 0 Å². The molecule has 0 aliphatic rings. The molecule has 1 aromatic carbocycles. The first kappa shape index (κ1) is 20.1. The summed E-state index contributed by atoms with van der Waals surface area (Å²) in [4.78, 5) is 20.2.